The van der Waals surface area contributed by atoms with Gasteiger partial charge in [-0.15, -0.1) is 0 Å². The fourth-order valence-electron chi connectivity index (χ4n) is 2.96. The lowest BCUT2D eigenvalue weighted by molar-refractivity contribution is -0.127. The number of nitrogens with zero attached hydrogens (tertiary/aromatic N) is 1. The van der Waals surface area contributed by atoms with Crippen molar-refractivity contribution in [1.82, 2.24) is 10.2 Å². The van der Waals surface area contributed by atoms with E-state index in [0.29, 0.717) is 19.2 Å². The number of likely N-dealkylation sites (tertiary alicyclic amines) is 1. The first-order chi connectivity index (χ1) is 10.6. The van der Waals surface area contributed by atoms with Crippen LogP contribution in [0.1, 0.15) is 25.3 Å². The maximum absolute atomic E-state index is 12.2. The van der Waals surface area contributed by atoms with Gasteiger partial charge in [0.05, 0.1) is 12.5 Å². The summed E-state index contributed by atoms with van der Waals surface area (Å²) in [6.07, 6.45) is 2.00. The number of nitrogens with one attached hydrogen (secondary N) is 1. The van der Waals surface area contributed by atoms with E-state index in [2.05, 4.69) is 23.2 Å². The van der Waals surface area contributed by atoms with Crippen molar-refractivity contribution in [3.05, 3.63) is 29.8 Å². The standard InChI is InChI=1S/C17H27N3O2/c1-13-6-7-15(17(21)19-8-9-22-2)12-20(13)11-14-4-3-5-16(18)10-14/h3-5,10,13,15H,6-9,11-12,18H2,1-2H3,(H,19,21). The van der Waals surface area contributed by atoms with Gasteiger partial charge in [-0.25, -0.2) is 0 Å². The number of hydrogen-bond donors (Lipinski definition) is 2. The molecule has 1 fully saturated rings. The zero-order valence-corrected chi connectivity index (χ0v) is 13.5. The number of methoxy groups -OCH3 is 1. The van der Waals surface area contributed by atoms with Crippen molar-refractivity contribution in [2.45, 2.75) is 32.4 Å². The van der Waals surface area contributed by atoms with Gasteiger partial charge < -0.3 is 15.8 Å². The molecule has 5 heteroatoms. The normalized spacial score (nSPS) is 22.5. The zero-order valence-electron chi connectivity index (χ0n) is 13.5. The second kappa shape index (κ2) is 8.15. The number of anilines is 1. The molecule has 1 aliphatic heterocycles. The Morgan fingerprint density at radius 3 is 3.00 bits per heavy atom. The van der Waals surface area contributed by atoms with Crippen LogP contribution in [0.25, 0.3) is 0 Å². The third kappa shape index (κ3) is 4.71. The van der Waals surface area contributed by atoms with Crippen LogP contribution >= 0.6 is 0 Å². The van der Waals surface area contributed by atoms with Crippen molar-refractivity contribution in [3.63, 3.8) is 0 Å². The molecule has 22 heavy (non-hydrogen) atoms. The number of rotatable bonds is 6. The highest BCUT2D eigenvalue weighted by molar-refractivity contribution is 5.78. The molecule has 1 saturated heterocycles. The molecular weight excluding hydrogens is 278 g/mol. The fourth-order valence-corrected chi connectivity index (χ4v) is 2.96. The molecule has 2 rings (SSSR count). The smallest absolute Gasteiger partial charge is 0.224 e. The number of hydrogen-bond acceptors (Lipinski definition) is 4. The van der Waals surface area contributed by atoms with E-state index in [-0.39, 0.29) is 11.8 Å². The Morgan fingerprint density at radius 2 is 2.27 bits per heavy atom. The van der Waals surface area contributed by atoms with Gasteiger partial charge in [-0.05, 0) is 37.5 Å². The average Bonchev–Trinajstić information content (AvgIpc) is 2.49. The Kier molecular flexibility index (Phi) is 6.21. The molecule has 122 valence electrons. The summed E-state index contributed by atoms with van der Waals surface area (Å²) in [6, 6.07) is 8.47. The molecule has 1 amide bonds. The van der Waals surface area contributed by atoms with E-state index in [9.17, 15) is 4.79 Å². The van der Waals surface area contributed by atoms with Crippen molar-refractivity contribution in [1.29, 1.82) is 0 Å². The van der Waals surface area contributed by atoms with Crippen LogP contribution in [-0.2, 0) is 16.1 Å². The second-order valence-electron chi connectivity index (χ2n) is 6.08. The SMILES string of the molecule is COCCNC(=O)C1CCC(C)N(Cc2cccc(N)c2)C1. The van der Waals surface area contributed by atoms with E-state index in [1.54, 1.807) is 7.11 Å². The molecule has 3 N–H and O–H groups in total. The van der Waals surface area contributed by atoms with Crippen molar-refractivity contribution in [2.24, 2.45) is 5.92 Å². The molecule has 0 radical (unpaired) electrons. The number of nitrogens with two attached hydrogens (primary N) is 1. The lowest BCUT2D eigenvalue weighted by Gasteiger charge is -2.37. The van der Waals surface area contributed by atoms with Crippen molar-refractivity contribution in [3.8, 4) is 0 Å². The molecule has 0 bridgehead atoms. The minimum Gasteiger partial charge on any atom is -0.399 e. The summed E-state index contributed by atoms with van der Waals surface area (Å²) in [7, 11) is 1.64. The Labute approximate surface area is 132 Å². The van der Waals surface area contributed by atoms with Crippen molar-refractivity contribution < 1.29 is 9.53 Å². The Bertz CT molecular complexity index is 493. The molecule has 2 unspecified atom stereocenters. The minimum absolute atomic E-state index is 0.0640. The summed E-state index contributed by atoms with van der Waals surface area (Å²) in [4.78, 5) is 14.6. The molecule has 2 atom stereocenters. The Morgan fingerprint density at radius 1 is 1.45 bits per heavy atom. The van der Waals surface area contributed by atoms with Crippen LogP contribution in [0.15, 0.2) is 24.3 Å². The van der Waals surface area contributed by atoms with Gasteiger partial charge in [0.25, 0.3) is 0 Å². The fraction of sp³-hybridized carbons (Fsp3) is 0.588. The highest BCUT2D eigenvalue weighted by Crippen LogP contribution is 2.24. The molecule has 0 saturated carbocycles. The highest BCUT2D eigenvalue weighted by Gasteiger charge is 2.29. The minimum atomic E-state index is 0.0640. The molecule has 1 aliphatic rings. The third-order valence-corrected chi connectivity index (χ3v) is 4.32. The first-order valence-electron chi connectivity index (χ1n) is 7.95. The highest BCUT2D eigenvalue weighted by atomic mass is 16.5. The Hall–Kier alpha value is -1.59. The number of carbonyl (C=O) groups excluding carboxylic acids is 1. The van der Waals surface area contributed by atoms with Crippen molar-refractivity contribution in [2.75, 3.05) is 32.5 Å². The maximum Gasteiger partial charge on any atom is 0.224 e. The lowest BCUT2D eigenvalue weighted by atomic mass is 9.92. The molecule has 1 aromatic rings. The summed E-state index contributed by atoms with van der Waals surface area (Å²) in [6.45, 7) is 5.01. The Balaban J connectivity index is 1.91. The number of carbonyl (C=O) groups is 1. The number of ether oxygens (including phenoxy) is 1. The van der Waals surface area contributed by atoms with E-state index >= 15 is 0 Å². The molecule has 0 aliphatic carbocycles. The average molecular weight is 305 g/mol. The monoisotopic (exact) mass is 305 g/mol. The number of benzene rings is 1. The van der Waals surface area contributed by atoms with E-state index in [0.717, 1.165) is 31.6 Å². The molecule has 1 aromatic carbocycles. The van der Waals surface area contributed by atoms with Gasteiger partial charge in [-0.3, -0.25) is 9.69 Å². The van der Waals surface area contributed by atoms with Crippen molar-refractivity contribution >= 4 is 11.6 Å². The summed E-state index contributed by atoms with van der Waals surface area (Å²) < 4.78 is 4.97. The number of piperidine rings is 1. The topological polar surface area (TPSA) is 67.6 Å². The van der Waals surface area contributed by atoms with E-state index in [1.165, 1.54) is 5.56 Å². The lowest BCUT2D eigenvalue weighted by Crippen LogP contribution is -2.46. The predicted molar refractivity (Wildman–Crippen MR) is 88.3 cm³/mol. The van der Waals surface area contributed by atoms with Gasteiger partial charge in [0, 0.05) is 38.5 Å². The summed E-state index contributed by atoms with van der Waals surface area (Å²) in [5.41, 5.74) is 7.84. The molecular formula is C17H27N3O2. The first-order valence-corrected chi connectivity index (χ1v) is 7.95. The predicted octanol–water partition coefficient (Wildman–Crippen LogP) is 1.63. The molecule has 0 spiro atoms. The zero-order chi connectivity index (χ0) is 15.9. The van der Waals surface area contributed by atoms with Gasteiger partial charge in [-0.1, -0.05) is 12.1 Å². The second-order valence-corrected chi connectivity index (χ2v) is 6.08. The van der Waals surface area contributed by atoms with Crippen LogP contribution in [0.2, 0.25) is 0 Å². The first kappa shape index (κ1) is 16.8. The van der Waals surface area contributed by atoms with Gasteiger partial charge in [0.1, 0.15) is 0 Å². The van der Waals surface area contributed by atoms with Crippen LogP contribution < -0.4 is 11.1 Å². The summed E-state index contributed by atoms with van der Waals surface area (Å²) in [5, 5.41) is 2.95. The summed E-state index contributed by atoms with van der Waals surface area (Å²) >= 11 is 0. The number of nitrogen functional groups attached to an aromatic ring is 1. The van der Waals surface area contributed by atoms with E-state index in [4.69, 9.17) is 10.5 Å². The molecule has 5 nitrogen and oxygen atoms in total. The van der Waals surface area contributed by atoms with Crippen LogP contribution in [0, 0.1) is 5.92 Å². The molecule has 0 aromatic heterocycles. The third-order valence-electron chi connectivity index (χ3n) is 4.32. The van der Waals surface area contributed by atoms with Crippen LogP contribution in [-0.4, -0.2) is 43.7 Å². The van der Waals surface area contributed by atoms with Gasteiger partial charge in [0.15, 0.2) is 0 Å². The van der Waals surface area contributed by atoms with Crippen LogP contribution in [0.4, 0.5) is 5.69 Å². The van der Waals surface area contributed by atoms with E-state index in [1.807, 2.05) is 18.2 Å². The van der Waals surface area contributed by atoms with Gasteiger partial charge in [0.2, 0.25) is 5.91 Å². The maximum atomic E-state index is 12.2. The van der Waals surface area contributed by atoms with Crippen LogP contribution in [0.3, 0.4) is 0 Å². The van der Waals surface area contributed by atoms with Crippen LogP contribution in [0.5, 0.6) is 0 Å². The quantitative estimate of drug-likeness (QED) is 0.619. The molecule has 1 heterocycles. The van der Waals surface area contributed by atoms with Gasteiger partial charge in [-0.2, -0.15) is 0 Å². The van der Waals surface area contributed by atoms with Gasteiger partial charge >= 0.3 is 0 Å². The largest absolute Gasteiger partial charge is 0.399 e. The van der Waals surface area contributed by atoms with E-state index < -0.39 is 0 Å². The number of amides is 1. The summed E-state index contributed by atoms with van der Waals surface area (Å²) in [5.74, 6) is 0.204.